The van der Waals surface area contributed by atoms with Gasteiger partial charge in [0.1, 0.15) is 5.76 Å². The maximum absolute atomic E-state index is 11.9. The second-order valence-corrected chi connectivity index (χ2v) is 5.04. The van der Waals surface area contributed by atoms with E-state index in [1.54, 1.807) is 16.9 Å². The number of aryl methyl sites for hydroxylation is 1. The minimum Gasteiger partial charge on any atom is -0.359 e. The number of carbonyl (C=O) groups is 1. The summed E-state index contributed by atoms with van der Waals surface area (Å²) in [6.07, 6.45) is 3.58. The van der Waals surface area contributed by atoms with E-state index in [2.05, 4.69) is 20.9 Å². The van der Waals surface area contributed by atoms with E-state index in [1.807, 2.05) is 34.0 Å². The van der Waals surface area contributed by atoms with Crippen LogP contribution in [0.4, 0.5) is 10.6 Å². The van der Waals surface area contributed by atoms with Crippen molar-refractivity contribution in [2.24, 2.45) is 7.05 Å². The summed E-state index contributed by atoms with van der Waals surface area (Å²) in [6, 6.07) is 1.25. The first kappa shape index (κ1) is 14.1. The molecule has 0 fully saturated rings. The molecule has 1 atom stereocenters. The molecule has 7 nitrogen and oxygen atoms in total. The fourth-order valence-corrected chi connectivity index (χ4v) is 1.72. The van der Waals surface area contributed by atoms with E-state index in [1.165, 1.54) is 0 Å². The summed E-state index contributed by atoms with van der Waals surface area (Å²) in [5.74, 6) is 1.38. The monoisotopic (exact) mass is 277 g/mol. The molecule has 2 N–H and O–H groups in total. The molecule has 2 aromatic heterocycles. The number of carbonyl (C=O) groups excluding carboxylic acids is 1. The van der Waals surface area contributed by atoms with Gasteiger partial charge in [0.15, 0.2) is 5.82 Å². The largest absolute Gasteiger partial charge is 0.359 e. The summed E-state index contributed by atoms with van der Waals surface area (Å²) in [6.45, 7) is 5.88. The molecule has 0 spiro atoms. The average Bonchev–Trinajstić information content (AvgIpc) is 2.98. The van der Waals surface area contributed by atoms with E-state index in [4.69, 9.17) is 4.52 Å². The number of aromatic nitrogens is 3. The third-order valence-electron chi connectivity index (χ3n) is 2.91. The Morgan fingerprint density at radius 2 is 2.15 bits per heavy atom. The van der Waals surface area contributed by atoms with Crippen molar-refractivity contribution in [3.05, 3.63) is 29.8 Å². The Bertz CT molecular complexity index is 587. The Hall–Kier alpha value is -2.31. The summed E-state index contributed by atoms with van der Waals surface area (Å²) in [5.41, 5.74) is 0.936. The zero-order chi connectivity index (χ0) is 14.7. The van der Waals surface area contributed by atoms with E-state index < -0.39 is 0 Å². The number of urea groups is 1. The smallest absolute Gasteiger partial charge is 0.320 e. The molecule has 2 heterocycles. The molecule has 0 aliphatic rings. The van der Waals surface area contributed by atoms with Gasteiger partial charge in [0, 0.05) is 30.8 Å². The Kier molecular flexibility index (Phi) is 4.07. The lowest BCUT2D eigenvalue weighted by atomic mass is 10.2. The molecule has 7 heteroatoms. The van der Waals surface area contributed by atoms with Gasteiger partial charge in [-0.05, 0) is 6.92 Å². The third-order valence-corrected chi connectivity index (χ3v) is 2.91. The van der Waals surface area contributed by atoms with Crippen molar-refractivity contribution in [3.63, 3.8) is 0 Å². The van der Waals surface area contributed by atoms with Gasteiger partial charge in [-0.2, -0.15) is 5.10 Å². The number of nitrogens with zero attached hydrogens (tertiary/aromatic N) is 3. The minimum absolute atomic E-state index is 0.139. The van der Waals surface area contributed by atoms with Gasteiger partial charge in [-0.25, -0.2) is 4.79 Å². The van der Waals surface area contributed by atoms with Gasteiger partial charge in [0.05, 0.1) is 12.2 Å². The topological polar surface area (TPSA) is 85.0 Å². The zero-order valence-corrected chi connectivity index (χ0v) is 12.0. The van der Waals surface area contributed by atoms with Gasteiger partial charge < -0.3 is 9.84 Å². The molecular weight excluding hydrogens is 258 g/mol. The molecule has 0 saturated carbocycles. The van der Waals surface area contributed by atoms with Crippen LogP contribution in [0.5, 0.6) is 0 Å². The first-order valence-electron chi connectivity index (χ1n) is 6.48. The van der Waals surface area contributed by atoms with E-state index >= 15 is 0 Å². The molecule has 20 heavy (non-hydrogen) atoms. The third kappa shape index (κ3) is 3.37. The van der Waals surface area contributed by atoms with Gasteiger partial charge in [0.2, 0.25) is 0 Å². The van der Waals surface area contributed by atoms with Crippen LogP contribution in [0.3, 0.4) is 0 Å². The number of hydrogen-bond acceptors (Lipinski definition) is 4. The van der Waals surface area contributed by atoms with Crippen molar-refractivity contribution in [2.75, 3.05) is 5.32 Å². The lowest BCUT2D eigenvalue weighted by molar-refractivity contribution is 0.249. The number of anilines is 1. The lowest BCUT2D eigenvalue weighted by Gasteiger charge is -2.11. The maximum atomic E-state index is 11.9. The standard InChI is InChI=1S/C13H19N5O2/c1-8(2)11-5-12(17-20-11)16-13(19)15-9(3)10-6-14-18(4)7-10/h5-9H,1-4H3,(H2,15,16,17,19). The van der Waals surface area contributed by atoms with Crippen LogP contribution >= 0.6 is 0 Å². The van der Waals surface area contributed by atoms with Gasteiger partial charge in [-0.1, -0.05) is 19.0 Å². The molecule has 1 unspecified atom stereocenters. The number of nitrogens with one attached hydrogen (secondary N) is 2. The minimum atomic E-state index is -0.329. The summed E-state index contributed by atoms with van der Waals surface area (Å²) < 4.78 is 6.81. The van der Waals surface area contributed by atoms with Crippen LogP contribution in [0.15, 0.2) is 23.0 Å². The van der Waals surface area contributed by atoms with Gasteiger partial charge in [0.25, 0.3) is 0 Å². The molecule has 0 bridgehead atoms. The van der Waals surface area contributed by atoms with Gasteiger partial charge in [-0.3, -0.25) is 10.00 Å². The molecule has 108 valence electrons. The lowest BCUT2D eigenvalue weighted by Crippen LogP contribution is -2.31. The first-order valence-corrected chi connectivity index (χ1v) is 6.48. The Balaban J connectivity index is 1.91. The molecule has 0 saturated heterocycles. The highest BCUT2D eigenvalue weighted by Gasteiger charge is 2.13. The van der Waals surface area contributed by atoms with Crippen LogP contribution in [0.1, 0.15) is 44.1 Å². The van der Waals surface area contributed by atoms with Crippen molar-refractivity contribution < 1.29 is 9.32 Å². The molecule has 0 radical (unpaired) electrons. The van der Waals surface area contributed by atoms with Gasteiger partial charge in [-0.15, -0.1) is 0 Å². The summed E-state index contributed by atoms with van der Waals surface area (Å²) in [7, 11) is 1.83. The molecule has 2 amide bonds. The van der Waals surface area contributed by atoms with Crippen LogP contribution in [0.2, 0.25) is 0 Å². The van der Waals surface area contributed by atoms with Crippen LogP contribution in [-0.2, 0) is 7.05 Å². The van der Waals surface area contributed by atoms with Crippen LogP contribution < -0.4 is 10.6 Å². The van der Waals surface area contributed by atoms with Crippen molar-refractivity contribution in [1.29, 1.82) is 0 Å². The molecule has 0 aliphatic heterocycles. The fraction of sp³-hybridized carbons (Fsp3) is 0.462. The van der Waals surface area contributed by atoms with Crippen LogP contribution in [-0.4, -0.2) is 21.0 Å². The molecule has 0 aromatic carbocycles. The molecule has 2 rings (SSSR count). The van der Waals surface area contributed by atoms with E-state index in [-0.39, 0.29) is 18.0 Å². The quantitative estimate of drug-likeness (QED) is 0.898. The van der Waals surface area contributed by atoms with Gasteiger partial charge >= 0.3 is 6.03 Å². The Morgan fingerprint density at radius 3 is 2.70 bits per heavy atom. The number of amides is 2. The zero-order valence-electron chi connectivity index (χ0n) is 12.0. The maximum Gasteiger partial charge on any atom is 0.320 e. The summed E-state index contributed by atoms with van der Waals surface area (Å²) in [5, 5.41) is 13.3. The predicted molar refractivity (Wildman–Crippen MR) is 74.4 cm³/mol. The highest BCUT2D eigenvalue weighted by Crippen LogP contribution is 2.18. The van der Waals surface area contributed by atoms with Crippen molar-refractivity contribution in [2.45, 2.75) is 32.7 Å². The van der Waals surface area contributed by atoms with E-state index in [0.717, 1.165) is 11.3 Å². The van der Waals surface area contributed by atoms with E-state index in [9.17, 15) is 4.79 Å². The summed E-state index contributed by atoms with van der Waals surface area (Å²) >= 11 is 0. The predicted octanol–water partition coefficient (Wildman–Crippen LogP) is 2.41. The number of hydrogen-bond donors (Lipinski definition) is 2. The Labute approximate surface area is 117 Å². The summed E-state index contributed by atoms with van der Waals surface area (Å²) in [4.78, 5) is 11.9. The highest BCUT2D eigenvalue weighted by atomic mass is 16.5. The fourth-order valence-electron chi connectivity index (χ4n) is 1.72. The molecular formula is C13H19N5O2. The molecule has 0 aliphatic carbocycles. The highest BCUT2D eigenvalue weighted by molar-refractivity contribution is 5.88. The first-order chi connectivity index (χ1) is 9.45. The Morgan fingerprint density at radius 1 is 1.40 bits per heavy atom. The number of rotatable bonds is 4. The average molecular weight is 277 g/mol. The second kappa shape index (κ2) is 5.77. The van der Waals surface area contributed by atoms with Crippen molar-refractivity contribution in [1.82, 2.24) is 20.3 Å². The second-order valence-electron chi connectivity index (χ2n) is 5.04. The van der Waals surface area contributed by atoms with Crippen molar-refractivity contribution >= 4 is 11.8 Å². The van der Waals surface area contributed by atoms with Crippen molar-refractivity contribution in [3.8, 4) is 0 Å². The van der Waals surface area contributed by atoms with Crippen LogP contribution in [0.25, 0.3) is 0 Å². The van der Waals surface area contributed by atoms with Crippen LogP contribution in [0, 0.1) is 0 Å². The molecule has 2 aromatic rings. The van der Waals surface area contributed by atoms with E-state index in [0.29, 0.717) is 5.82 Å². The normalized spacial score (nSPS) is 12.4. The SMILES string of the molecule is CC(C)c1cc(NC(=O)NC(C)c2cnn(C)c2)no1.